The maximum absolute atomic E-state index is 12.7. The molecule has 7 nitrogen and oxygen atoms in total. The number of carbonyl (C=O) groups is 2. The van der Waals surface area contributed by atoms with Gasteiger partial charge in [-0.2, -0.15) is 0 Å². The van der Waals surface area contributed by atoms with Crippen molar-refractivity contribution < 1.29 is 28.2 Å². The third kappa shape index (κ3) is 4.50. The van der Waals surface area contributed by atoms with Crippen LogP contribution < -0.4 is 5.32 Å². The van der Waals surface area contributed by atoms with E-state index >= 15 is 0 Å². The number of fused-ring (bicyclic) bond motifs is 1. The molecular weight excluding hydrogens is 430 g/mol. The van der Waals surface area contributed by atoms with Gasteiger partial charge in [-0.25, -0.2) is 8.42 Å². The summed E-state index contributed by atoms with van der Waals surface area (Å²) in [5.74, 6) is -3.01. The fraction of sp³-hybridized carbons (Fsp3) is 0.167. The summed E-state index contributed by atoms with van der Waals surface area (Å²) in [6.07, 6.45) is 1.24. The largest absolute Gasteiger partial charge is 0.508 e. The van der Waals surface area contributed by atoms with Crippen LogP contribution in [0.1, 0.15) is 21.5 Å². The molecule has 3 aromatic carbocycles. The number of sulfone groups is 1. The number of phenols is 2. The Balaban J connectivity index is 1.42. The van der Waals surface area contributed by atoms with E-state index in [1.54, 1.807) is 36.4 Å². The number of aromatic hydroxyl groups is 2. The highest BCUT2D eigenvalue weighted by atomic mass is 32.2. The highest BCUT2D eigenvalue weighted by Crippen LogP contribution is 2.29. The molecule has 32 heavy (non-hydrogen) atoms. The lowest BCUT2D eigenvalue weighted by Crippen LogP contribution is -2.39. The number of amides is 1. The molecule has 0 fully saturated rings. The summed E-state index contributed by atoms with van der Waals surface area (Å²) >= 11 is 0. The van der Waals surface area contributed by atoms with Crippen molar-refractivity contribution in [2.45, 2.75) is 17.7 Å². The van der Waals surface area contributed by atoms with E-state index in [1.807, 2.05) is 12.1 Å². The smallest absolute Gasteiger partial charge is 0.236 e. The number of rotatable bonds is 5. The van der Waals surface area contributed by atoms with Gasteiger partial charge >= 0.3 is 0 Å². The Morgan fingerprint density at radius 3 is 2.22 bits per heavy atom. The van der Waals surface area contributed by atoms with E-state index in [2.05, 4.69) is 5.32 Å². The minimum atomic E-state index is -3.73. The van der Waals surface area contributed by atoms with Crippen LogP contribution in [0.15, 0.2) is 71.6 Å². The average Bonchev–Trinajstić information content (AvgIpc) is 2.75. The van der Waals surface area contributed by atoms with Crippen molar-refractivity contribution in [3.63, 3.8) is 0 Å². The van der Waals surface area contributed by atoms with Gasteiger partial charge in [0.25, 0.3) is 0 Å². The normalized spacial score (nSPS) is 16.9. The molecule has 1 heterocycles. The first-order valence-electron chi connectivity index (χ1n) is 10.0. The number of phenolic OH excluding ortho intramolecular Hbond substituents is 2. The highest BCUT2D eigenvalue weighted by molar-refractivity contribution is 7.91. The lowest BCUT2D eigenvalue weighted by Gasteiger charge is -2.22. The van der Waals surface area contributed by atoms with Crippen LogP contribution in [0.25, 0.3) is 0 Å². The standard InChI is InChI=1S/C24H21NO6S/c26-18-11-16(12-19(27)13-18)6-5-15-7-9-17(10-8-15)25-24(29)21-14-32(30,31)22-4-2-1-3-20(22)23(21)28/h1-4,7-13,21,26-27H,5-6,14H2,(H,25,29). The first-order valence-corrected chi connectivity index (χ1v) is 11.7. The number of Topliss-reactive ketones (excluding diaryl/α,β-unsaturated/α-hetero) is 1. The van der Waals surface area contributed by atoms with Crippen LogP contribution in [0.5, 0.6) is 11.5 Å². The number of carbonyl (C=O) groups excluding carboxylic acids is 2. The Morgan fingerprint density at radius 2 is 1.53 bits per heavy atom. The van der Waals surface area contributed by atoms with E-state index in [1.165, 1.54) is 18.2 Å². The van der Waals surface area contributed by atoms with Gasteiger partial charge in [0.1, 0.15) is 17.4 Å². The first-order chi connectivity index (χ1) is 15.2. The van der Waals surface area contributed by atoms with E-state index < -0.39 is 33.2 Å². The molecule has 4 rings (SSSR count). The number of hydrogen-bond donors (Lipinski definition) is 3. The van der Waals surface area contributed by atoms with Gasteiger partial charge < -0.3 is 15.5 Å². The number of benzene rings is 3. The van der Waals surface area contributed by atoms with Crippen LogP contribution in [0.2, 0.25) is 0 Å². The number of anilines is 1. The molecule has 0 saturated carbocycles. The summed E-state index contributed by atoms with van der Waals surface area (Å²) in [7, 11) is -3.73. The Kier molecular flexibility index (Phi) is 5.71. The van der Waals surface area contributed by atoms with E-state index in [4.69, 9.17) is 0 Å². The summed E-state index contributed by atoms with van der Waals surface area (Å²) in [6.45, 7) is 0. The van der Waals surface area contributed by atoms with Gasteiger partial charge in [0.2, 0.25) is 5.91 Å². The van der Waals surface area contributed by atoms with Gasteiger partial charge in [0.05, 0.1) is 10.6 Å². The maximum Gasteiger partial charge on any atom is 0.236 e. The Hall–Kier alpha value is -3.65. The second kappa shape index (κ2) is 8.47. The molecule has 8 heteroatoms. The molecule has 1 aliphatic rings. The summed E-state index contributed by atoms with van der Waals surface area (Å²) in [4.78, 5) is 25.4. The number of ketones is 1. The predicted molar refractivity (Wildman–Crippen MR) is 119 cm³/mol. The van der Waals surface area contributed by atoms with Crippen molar-refractivity contribution in [1.29, 1.82) is 0 Å². The van der Waals surface area contributed by atoms with Crippen LogP contribution >= 0.6 is 0 Å². The molecule has 0 radical (unpaired) electrons. The van der Waals surface area contributed by atoms with Crippen molar-refractivity contribution in [2.24, 2.45) is 5.92 Å². The average molecular weight is 452 g/mol. The molecule has 1 aliphatic heterocycles. The second-order valence-electron chi connectivity index (χ2n) is 7.74. The fourth-order valence-electron chi connectivity index (χ4n) is 3.78. The van der Waals surface area contributed by atoms with Crippen LogP contribution in [-0.4, -0.2) is 36.1 Å². The zero-order chi connectivity index (χ0) is 22.9. The lowest BCUT2D eigenvalue weighted by atomic mass is 9.97. The van der Waals surface area contributed by atoms with Crippen molar-refractivity contribution in [3.05, 3.63) is 83.4 Å². The van der Waals surface area contributed by atoms with E-state index in [-0.39, 0.29) is 22.0 Å². The molecule has 0 spiro atoms. The highest BCUT2D eigenvalue weighted by Gasteiger charge is 2.40. The third-order valence-corrected chi connectivity index (χ3v) is 7.19. The number of hydrogen-bond acceptors (Lipinski definition) is 6. The monoisotopic (exact) mass is 451 g/mol. The van der Waals surface area contributed by atoms with Crippen molar-refractivity contribution in [3.8, 4) is 11.5 Å². The second-order valence-corrected chi connectivity index (χ2v) is 9.74. The molecule has 0 saturated heterocycles. The number of nitrogens with one attached hydrogen (secondary N) is 1. The zero-order valence-corrected chi connectivity index (χ0v) is 17.8. The van der Waals surface area contributed by atoms with Crippen LogP contribution in [0.3, 0.4) is 0 Å². The fourth-order valence-corrected chi connectivity index (χ4v) is 5.49. The Labute approximate surface area is 185 Å². The summed E-state index contributed by atoms with van der Waals surface area (Å²) < 4.78 is 25.0. The van der Waals surface area contributed by atoms with E-state index in [0.29, 0.717) is 18.5 Å². The van der Waals surface area contributed by atoms with E-state index in [0.717, 1.165) is 11.1 Å². The molecule has 3 aromatic rings. The van der Waals surface area contributed by atoms with Gasteiger partial charge in [-0.1, -0.05) is 30.3 Å². The van der Waals surface area contributed by atoms with Crippen molar-refractivity contribution in [2.75, 3.05) is 11.1 Å². The topological polar surface area (TPSA) is 121 Å². The molecule has 1 unspecified atom stereocenters. The van der Waals surface area contributed by atoms with Crippen molar-refractivity contribution >= 4 is 27.2 Å². The molecule has 1 atom stereocenters. The van der Waals surface area contributed by atoms with Crippen LogP contribution in [0.4, 0.5) is 5.69 Å². The molecule has 164 valence electrons. The minimum absolute atomic E-state index is 0.0000389. The van der Waals surface area contributed by atoms with E-state index in [9.17, 15) is 28.2 Å². The molecule has 3 N–H and O–H groups in total. The lowest BCUT2D eigenvalue weighted by molar-refractivity contribution is -0.118. The Morgan fingerprint density at radius 1 is 0.906 bits per heavy atom. The summed E-state index contributed by atoms with van der Waals surface area (Å²) in [6, 6.07) is 17.4. The summed E-state index contributed by atoms with van der Waals surface area (Å²) in [5.41, 5.74) is 2.26. The van der Waals surface area contributed by atoms with Gasteiger partial charge in [0.15, 0.2) is 15.6 Å². The first kappa shape index (κ1) is 21.6. The number of aryl methyl sites for hydroxylation is 2. The SMILES string of the molecule is O=C(Nc1ccc(CCc2cc(O)cc(O)c2)cc1)C1CS(=O)(=O)c2ccccc2C1=O. The molecule has 0 aromatic heterocycles. The third-order valence-electron chi connectivity index (χ3n) is 5.39. The molecular formula is C24H21NO6S. The van der Waals surface area contributed by atoms with Crippen molar-refractivity contribution in [1.82, 2.24) is 0 Å². The van der Waals surface area contributed by atoms with Gasteiger partial charge in [-0.05, 0) is 54.3 Å². The zero-order valence-electron chi connectivity index (χ0n) is 17.0. The van der Waals surface area contributed by atoms with Gasteiger partial charge in [0, 0.05) is 17.3 Å². The van der Waals surface area contributed by atoms with Gasteiger partial charge in [-0.3, -0.25) is 9.59 Å². The van der Waals surface area contributed by atoms with Crippen LogP contribution in [0, 0.1) is 5.92 Å². The molecule has 0 bridgehead atoms. The van der Waals surface area contributed by atoms with Crippen LogP contribution in [-0.2, 0) is 27.5 Å². The minimum Gasteiger partial charge on any atom is -0.508 e. The summed E-state index contributed by atoms with van der Waals surface area (Å²) in [5, 5.41) is 21.8. The Bertz CT molecular complexity index is 1280. The molecule has 0 aliphatic carbocycles. The van der Waals surface area contributed by atoms with Gasteiger partial charge in [-0.15, -0.1) is 0 Å². The molecule has 1 amide bonds. The maximum atomic E-state index is 12.7. The quantitative estimate of drug-likeness (QED) is 0.513. The predicted octanol–water partition coefficient (Wildman–Crippen LogP) is 3.11.